The van der Waals surface area contributed by atoms with Gasteiger partial charge in [-0.2, -0.15) is 10.1 Å². The van der Waals surface area contributed by atoms with E-state index in [1.54, 1.807) is 31.2 Å². The number of aromatic carboxylic acids is 1. The van der Waals surface area contributed by atoms with Gasteiger partial charge in [-0.1, -0.05) is 25.1 Å². The third-order valence-corrected chi connectivity index (χ3v) is 4.18. The summed E-state index contributed by atoms with van der Waals surface area (Å²) < 4.78 is 6.66. The molecule has 0 saturated carbocycles. The number of nitrogens with one attached hydrogen (secondary N) is 1. The van der Waals surface area contributed by atoms with Gasteiger partial charge in [-0.3, -0.25) is 4.79 Å². The minimum Gasteiger partial charge on any atom is -0.478 e. The molecule has 3 rings (SSSR count). The Hall–Kier alpha value is -3.49. The number of carbonyl (C=O) groups is 2. The molecule has 9 nitrogen and oxygen atoms in total. The fourth-order valence-corrected chi connectivity index (χ4v) is 2.64. The van der Waals surface area contributed by atoms with E-state index in [4.69, 9.17) is 9.63 Å². The molecule has 1 amide bonds. The molecule has 0 fully saturated rings. The van der Waals surface area contributed by atoms with Crippen molar-refractivity contribution in [3.05, 3.63) is 53.4 Å². The van der Waals surface area contributed by atoms with Crippen LogP contribution in [0.2, 0.25) is 0 Å². The Balaban J connectivity index is 1.65. The number of anilines is 1. The lowest BCUT2D eigenvalue weighted by Gasteiger charge is -2.09. The Morgan fingerprint density at radius 3 is 2.75 bits per heavy atom. The molecular weight excluding hydrogens is 362 g/mol. The summed E-state index contributed by atoms with van der Waals surface area (Å²) in [4.78, 5) is 27.7. The van der Waals surface area contributed by atoms with Crippen molar-refractivity contribution in [2.45, 2.75) is 39.5 Å². The highest BCUT2D eigenvalue weighted by Gasteiger charge is 2.15. The van der Waals surface area contributed by atoms with E-state index in [2.05, 4.69) is 20.6 Å². The van der Waals surface area contributed by atoms with Crippen molar-refractivity contribution in [1.82, 2.24) is 19.9 Å². The Bertz CT molecular complexity index is 1010. The maximum Gasteiger partial charge on any atom is 0.339 e. The highest BCUT2D eigenvalue weighted by molar-refractivity contribution is 5.91. The van der Waals surface area contributed by atoms with Crippen molar-refractivity contribution in [2.24, 2.45) is 0 Å². The molecule has 28 heavy (non-hydrogen) atoms. The molecule has 3 aromatic rings. The number of benzene rings is 1. The van der Waals surface area contributed by atoms with E-state index in [-0.39, 0.29) is 23.8 Å². The van der Waals surface area contributed by atoms with E-state index in [0.29, 0.717) is 35.2 Å². The molecular formula is C19H21N5O4. The van der Waals surface area contributed by atoms with E-state index < -0.39 is 5.97 Å². The fraction of sp³-hybridized carbons (Fsp3) is 0.316. The zero-order valence-electron chi connectivity index (χ0n) is 15.8. The average molecular weight is 383 g/mol. The van der Waals surface area contributed by atoms with Gasteiger partial charge in [-0.25, -0.2) is 9.48 Å². The third kappa shape index (κ3) is 4.25. The lowest BCUT2D eigenvalue weighted by atomic mass is 10.2. The van der Waals surface area contributed by atoms with Crippen LogP contribution in [0.1, 0.15) is 54.0 Å². The smallest absolute Gasteiger partial charge is 0.339 e. The monoisotopic (exact) mass is 383 g/mol. The van der Waals surface area contributed by atoms with Crippen LogP contribution in [-0.4, -0.2) is 36.9 Å². The summed E-state index contributed by atoms with van der Waals surface area (Å²) in [5.74, 6) is 0.000534. The maximum absolute atomic E-state index is 12.2. The maximum atomic E-state index is 12.2. The number of nitrogens with zero attached hydrogens (tertiary/aromatic N) is 4. The van der Waals surface area contributed by atoms with E-state index in [0.717, 1.165) is 0 Å². The van der Waals surface area contributed by atoms with E-state index >= 15 is 0 Å². The van der Waals surface area contributed by atoms with Crippen molar-refractivity contribution in [1.29, 1.82) is 0 Å². The molecule has 2 N–H and O–H groups in total. The summed E-state index contributed by atoms with van der Waals surface area (Å²) in [6, 6.07) is 7.03. The van der Waals surface area contributed by atoms with Gasteiger partial charge in [0.15, 0.2) is 5.82 Å². The molecule has 146 valence electrons. The first-order valence-corrected chi connectivity index (χ1v) is 8.86. The normalized spacial score (nSPS) is 11.0. The summed E-state index contributed by atoms with van der Waals surface area (Å²) in [5.41, 5.74) is 1.88. The van der Waals surface area contributed by atoms with Crippen molar-refractivity contribution in [3.63, 3.8) is 0 Å². The van der Waals surface area contributed by atoms with Gasteiger partial charge in [0.2, 0.25) is 11.8 Å². The summed E-state index contributed by atoms with van der Waals surface area (Å²) >= 11 is 0. The molecule has 0 spiro atoms. The first kappa shape index (κ1) is 19.3. The van der Waals surface area contributed by atoms with Gasteiger partial charge < -0.3 is 14.9 Å². The quantitative estimate of drug-likeness (QED) is 0.643. The highest BCUT2D eigenvalue weighted by Crippen LogP contribution is 2.18. The van der Waals surface area contributed by atoms with Crippen LogP contribution in [0.3, 0.4) is 0 Å². The van der Waals surface area contributed by atoms with Crippen LogP contribution in [0.25, 0.3) is 5.69 Å². The van der Waals surface area contributed by atoms with Crippen LogP contribution in [0.5, 0.6) is 0 Å². The van der Waals surface area contributed by atoms with Crippen molar-refractivity contribution in [3.8, 4) is 5.69 Å². The van der Waals surface area contributed by atoms with Gasteiger partial charge in [-0.05, 0) is 25.1 Å². The van der Waals surface area contributed by atoms with Gasteiger partial charge in [-0.15, -0.1) is 0 Å². The largest absolute Gasteiger partial charge is 0.478 e. The van der Waals surface area contributed by atoms with E-state index in [1.807, 2.05) is 13.8 Å². The SMILES string of the molecule is Cc1c(C(=O)O)cnn1-c1cccc(NC(=O)CCc2nc(C(C)C)no2)c1. The summed E-state index contributed by atoms with van der Waals surface area (Å²) in [7, 11) is 0. The Morgan fingerprint density at radius 1 is 1.32 bits per heavy atom. The Kier molecular flexibility index (Phi) is 5.53. The second-order valence-electron chi connectivity index (χ2n) is 6.66. The highest BCUT2D eigenvalue weighted by atomic mass is 16.5. The zero-order valence-corrected chi connectivity index (χ0v) is 15.8. The average Bonchev–Trinajstić information content (AvgIpc) is 3.27. The Morgan fingerprint density at radius 2 is 2.11 bits per heavy atom. The second-order valence-corrected chi connectivity index (χ2v) is 6.66. The number of aryl methyl sites for hydroxylation is 1. The molecule has 0 aliphatic carbocycles. The predicted octanol–water partition coefficient (Wildman–Crippen LogP) is 2.96. The van der Waals surface area contributed by atoms with E-state index in [9.17, 15) is 9.59 Å². The Labute approximate surface area is 161 Å². The fourth-order valence-electron chi connectivity index (χ4n) is 2.64. The number of rotatable bonds is 7. The van der Waals surface area contributed by atoms with Crippen LogP contribution in [-0.2, 0) is 11.2 Å². The van der Waals surface area contributed by atoms with Gasteiger partial charge in [0.05, 0.1) is 17.6 Å². The van der Waals surface area contributed by atoms with Crippen molar-refractivity contribution in [2.75, 3.05) is 5.32 Å². The molecule has 2 heterocycles. The summed E-state index contributed by atoms with van der Waals surface area (Å²) in [6.45, 7) is 5.61. The molecule has 1 aromatic carbocycles. The first-order valence-electron chi connectivity index (χ1n) is 8.86. The lowest BCUT2D eigenvalue weighted by molar-refractivity contribution is -0.116. The van der Waals surface area contributed by atoms with Crippen LogP contribution < -0.4 is 5.32 Å². The minimum atomic E-state index is -1.03. The van der Waals surface area contributed by atoms with Crippen LogP contribution in [0.15, 0.2) is 35.0 Å². The number of amides is 1. The van der Waals surface area contributed by atoms with Crippen LogP contribution >= 0.6 is 0 Å². The third-order valence-electron chi connectivity index (χ3n) is 4.18. The molecule has 0 saturated heterocycles. The number of carboxylic acids is 1. The number of hydrogen-bond acceptors (Lipinski definition) is 6. The lowest BCUT2D eigenvalue weighted by Crippen LogP contribution is -2.13. The van der Waals surface area contributed by atoms with E-state index in [1.165, 1.54) is 10.9 Å². The molecule has 2 aromatic heterocycles. The number of aromatic nitrogens is 4. The molecule has 0 aliphatic heterocycles. The van der Waals surface area contributed by atoms with Crippen molar-refractivity contribution < 1.29 is 19.2 Å². The summed E-state index contributed by atoms with van der Waals surface area (Å²) in [6.07, 6.45) is 1.86. The molecule has 0 unspecified atom stereocenters. The second kappa shape index (κ2) is 8.03. The van der Waals surface area contributed by atoms with Crippen LogP contribution in [0, 0.1) is 6.92 Å². The number of carboxylic acid groups (broad SMARTS) is 1. The predicted molar refractivity (Wildman–Crippen MR) is 101 cm³/mol. The van der Waals surface area contributed by atoms with Crippen LogP contribution in [0.4, 0.5) is 5.69 Å². The van der Waals surface area contributed by atoms with Crippen molar-refractivity contribution >= 4 is 17.6 Å². The molecule has 0 atom stereocenters. The number of carbonyl (C=O) groups excluding carboxylic acids is 1. The minimum absolute atomic E-state index is 0.134. The molecule has 0 bridgehead atoms. The van der Waals surface area contributed by atoms with Gasteiger partial charge in [0.1, 0.15) is 5.56 Å². The number of hydrogen-bond donors (Lipinski definition) is 2. The summed E-state index contributed by atoms with van der Waals surface area (Å²) in [5, 5.41) is 20.0. The standard InChI is InChI=1S/C19H21N5O4/c1-11(2)18-22-17(28-23-18)8-7-16(25)21-13-5-4-6-14(9-13)24-12(3)15(10-20-24)19(26)27/h4-6,9-11H,7-8H2,1-3H3,(H,21,25)(H,26,27). The molecule has 0 aliphatic rings. The molecule has 0 radical (unpaired) electrons. The first-order chi connectivity index (χ1) is 13.3. The van der Waals surface area contributed by atoms with Gasteiger partial charge in [0.25, 0.3) is 0 Å². The topological polar surface area (TPSA) is 123 Å². The molecule has 9 heteroatoms. The van der Waals surface area contributed by atoms with Gasteiger partial charge >= 0.3 is 5.97 Å². The zero-order chi connectivity index (χ0) is 20.3. The van der Waals surface area contributed by atoms with Gasteiger partial charge in [0, 0.05) is 24.4 Å².